The molecular formula is C20H22N4O6S. The highest BCUT2D eigenvalue weighted by molar-refractivity contribution is 7.89. The molecule has 1 saturated heterocycles. The zero-order valence-electron chi connectivity index (χ0n) is 16.6. The van der Waals surface area contributed by atoms with E-state index in [0.717, 1.165) is 19.3 Å². The molecule has 0 radical (unpaired) electrons. The van der Waals surface area contributed by atoms with Crippen molar-refractivity contribution in [3.05, 3.63) is 64.2 Å². The van der Waals surface area contributed by atoms with Crippen molar-refractivity contribution < 1.29 is 22.9 Å². The summed E-state index contributed by atoms with van der Waals surface area (Å²) in [7, 11) is -3.53. The summed E-state index contributed by atoms with van der Waals surface area (Å²) in [6.45, 7) is 1.07. The number of nitrogens with zero attached hydrogens (tertiary/aromatic N) is 2. The first kappa shape index (κ1) is 22.4. The molecule has 0 bridgehead atoms. The smallest absolute Gasteiger partial charge is 0.313 e. The summed E-state index contributed by atoms with van der Waals surface area (Å²) in [6, 6.07) is 11.2. The van der Waals surface area contributed by atoms with E-state index in [0.29, 0.717) is 18.7 Å². The van der Waals surface area contributed by atoms with Gasteiger partial charge in [-0.1, -0.05) is 18.6 Å². The number of anilines is 1. The molecule has 2 N–H and O–H groups in total. The zero-order valence-corrected chi connectivity index (χ0v) is 17.4. The number of amides is 2. The minimum Gasteiger partial charge on any atom is -0.344 e. The van der Waals surface area contributed by atoms with Crippen molar-refractivity contribution >= 4 is 33.2 Å². The standard InChI is InChI=1S/C20H22N4O6S/c25-19(20(26)22-16-6-8-17(9-7-16)24(27)28)21-14-15-4-10-18(11-5-15)31(29,30)23-12-2-1-3-13-23/h4-11H,1-3,12-14H2,(H,21,25)(H,22,26). The molecule has 0 aromatic heterocycles. The van der Waals surface area contributed by atoms with Gasteiger partial charge in [0.1, 0.15) is 0 Å². The van der Waals surface area contributed by atoms with E-state index in [1.165, 1.54) is 40.7 Å². The van der Waals surface area contributed by atoms with Crippen LogP contribution in [0.2, 0.25) is 0 Å². The summed E-state index contributed by atoms with van der Waals surface area (Å²) in [5, 5.41) is 15.4. The van der Waals surface area contributed by atoms with Gasteiger partial charge in [0, 0.05) is 37.5 Å². The number of nitro benzene ring substituents is 1. The molecule has 11 heteroatoms. The lowest BCUT2D eigenvalue weighted by Gasteiger charge is -2.25. The topological polar surface area (TPSA) is 139 Å². The molecule has 2 aromatic rings. The monoisotopic (exact) mass is 446 g/mol. The molecule has 1 fully saturated rings. The molecule has 0 unspecified atom stereocenters. The lowest BCUT2D eigenvalue weighted by molar-refractivity contribution is -0.384. The molecule has 0 spiro atoms. The van der Waals surface area contributed by atoms with Crippen LogP contribution in [0.15, 0.2) is 53.4 Å². The molecule has 3 rings (SSSR count). The maximum atomic E-state index is 12.7. The van der Waals surface area contributed by atoms with Crippen LogP contribution in [0, 0.1) is 10.1 Å². The normalized spacial score (nSPS) is 14.6. The van der Waals surface area contributed by atoms with E-state index in [4.69, 9.17) is 0 Å². The van der Waals surface area contributed by atoms with Gasteiger partial charge in [0.25, 0.3) is 5.69 Å². The van der Waals surface area contributed by atoms with E-state index >= 15 is 0 Å². The Morgan fingerprint density at radius 2 is 1.55 bits per heavy atom. The van der Waals surface area contributed by atoms with E-state index < -0.39 is 26.8 Å². The molecule has 1 aliphatic rings. The van der Waals surface area contributed by atoms with Crippen molar-refractivity contribution in [3.8, 4) is 0 Å². The van der Waals surface area contributed by atoms with Gasteiger partial charge in [-0.25, -0.2) is 8.42 Å². The largest absolute Gasteiger partial charge is 0.344 e. The highest BCUT2D eigenvalue weighted by atomic mass is 32.2. The average Bonchev–Trinajstić information content (AvgIpc) is 2.78. The molecular weight excluding hydrogens is 424 g/mol. The maximum Gasteiger partial charge on any atom is 0.313 e. The van der Waals surface area contributed by atoms with E-state index in [1.807, 2.05) is 0 Å². The van der Waals surface area contributed by atoms with Crippen LogP contribution in [-0.2, 0) is 26.2 Å². The van der Waals surface area contributed by atoms with Crippen molar-refractivity contribution in [1.82, 2.24) is 9.62 Å². The first-order valence-corrected chi connectivity index (χ1v) is 11.1. The molecule has 31 heavy (non-hydrogen) atoms. The summed E-state index contributed by atoms with van der Waals surface area (Å²) in [5.41, 5.74) is 0.750. The van der Waals surface area contributed by atoms with Gasteiger partial charge < -0.3 is 10.6 Å². The lowest BCUT2D eigenvalue weighted by Crippen LogP contribution is -2.35. The predicted octanol–water partition coefficient (Wildman–Crippen LogP) is 2.02. The fraction of sp³-hybridized carbons (Fsp3) is 0.300. The molecule has 10 nitrogen and oxygen atoms in total. The van der Waals surface area contributed by atoms with Gasteiger partial charge in [0.15, 0.2) is 0 Å². The fourth-order valence-corrected chi connectivity index (χ4v) is 4.67. The number of benzene rings is 2. The first-order valence-electron chi connectivity index (χ1n) is 9.70. The Balaban J connectivity index is 1.53. The second kappa shape index (κ2) is 9.67. The minimum atomic E-state index is -3.53. The van der Waals surface area contributed by atoms with Crippen molar-refractivity contribution in [2.75, 3.05) is 18.4 Å². The van der Waals surface area contributed by atoms with Gasteiger partial charge in [0.2, 0.25) is 10.0 Å². The number of carbonyl (C=O) groups excluding carboxylic acids is 2. The van der Waals surface area contributed by atoms with E-state index in [1.54, 1.807) is 12.1 Å². The highest BCUT2D eigenvalue weighted by Crippen LogP contribution is 2.21. The molecule has 2 amide bonds. The molecule has 0 aliphatic carbocycles. The van der Waals surface area contributed by atoms with Crippen LogP contribution in [0.5, 0.6) is 0 Å². The number of hydrogen-bond acceptors (Lipinski definition) is 6. The Morgan fingerprint density at radius 3 is 2.13 bits per heavy atom. The maximum absolute atomic E-state index is 12.7. The van der Waals surface area contributed by atoms with Gasteiger partial charge in [-0.15, -0.1) is 0 Å². The predicted molar refractivity (Wildman–Crippen MR) is 113 cm³/mol. The van der Waals surface area contributed by atoms with Crippen LogP contribution in [-0.4, -0.2) is 42.6 Å². The van der Waals surface area contributed by atoms with E-state index in [2.05, 4.69) is 10.6 Å². The molecule has 2 aromatic carbocycles. The quantitative estimate of drug-likeness (QED) is 0.395. The van der Waals surface area contributed by atoms with Gasteiger partial charge in [-0.3, -0.25) is 19.7 Å². The van der Waals surface area contributed by atoms with E-state index in [9.17, 15) is 28.1 Å². The van der Waals surface area contributed by atoms with Crippen molar-refractivity contribution in [2.45, 2.75) is 30.7 Å². The van der Waals surface area contributed by atoms with Crippen molar-refractivity contribution in [2.24, 2.45) is 0 Å². The van der Waals surface area contributed by atoms with Gasteiger partial charge >= 0.3 is 11.8 Å². The van der Waals surface area contributed by atoms with Crippen LogP contribution in [0.4, 0.5) is 11.4 Å². The SMILES string of the molecule is O=C(NCc1ccc(S(=O)(=O)N2CCCCC2)cc1)C(=O)Nc1ccc([N+](=O)[O-])cc1. The molecule has 1 heterocycles. The molecule has 0 saturated carbocycles. The Hall–Kier alpha value is -3.31. The Morgan fingerprint density at radius 1 is 0.935 bits per heavy atom. The zero-order chi connectivity index (χ0) is 22.4. The average molecular weight is 446 g/mol. The highest BCUT2D eigenvalue weighted by Gasteiger charge is 2.25. The second-order valence-electron chi connectivity index (χ2n) is 7.05. The Kier molecular flexibility index (Phi) is 6.98. The summed E-state index contributed by atoms with van der Waals surface area (Å²) in [4.78, 5) is 34.2. The summed E-state index contributed by atoms with van der Waals surface area (Å²) in [6.07, 6.45) is 2.74. The van der Waals surface area contributed by atoms with Gasteiger partial charge in [0.05, 0.1) is 9.82 Å². The number of rotatable bonds is 6. The number of carbonyl (C=O) groups is 2. The Bertz CT molecular complexity index is 1060. The Labute approximate surface area is 179 Å². The second-order valence-corrected chi connectivity index (χ2v) is 8.99. The fourth-order valence-electron chi connectivity index (χ4n) is 3.15. The third-order valence-electron chi connectivity index (χ3n) is 4.87. The number of non-ortho nitro benzene ring substituents is 1. The number of piperidine rings is 1. The molecule has 1 aliphatic heterocycles. The van der Waals surface area contributed by atoms with E-state index in [-0.39, 0.29) is 22.8 Å². The summed E-state index contributed by atoms with van der Waals surface area (Å²) < 4.78 is 26.8. The third-order valence-corrected chi connectivity index (χ3v) is 6.78. The lowest BCUT2D eigenvalue weighted by atomic mass is 10.2. The van der Waals surface area contributed by atoms with Gasteiger partial charge in [-0.2, -0.15) is 4.31 Å². The van der Waals surface area contributed by atoms with Gasteiger partial charge in [-0.05, 0) is 42.7 Å². The van der Waals surface area contributed by atoms with Crippen LogP contribution in [0.1, 0.15) is 24.8 Å². The van der Waals surface area contributed by atoms with Crippen LogP contribution >= 0.6 is 0 Å². The first-order chi connectivity index (χ1) is 14.8. The van der Waals surface area contributed by atoms with Crippen molar-refractivity contribution in [3.63, 3.8) is 0 Å². The molecule has 0 atom stereocenters. The van der Waals surface area contributed by atoms with Crippen LogP contribution < -0.4 is 10.6 Å². The molecule has 164 valence electrons. The summed E-state index contributed by atoms with van der Waals surface area (Å²) in [5.74, 6) is -1.80. The number of hydrogen-bond donors (Lipinski definition) is 2. The minimum absolute atomic E-state index is 0.0383. The van der Waals surface area contributed by atoms with Crippen LogP contribution in [0.3, 0.4) is 0 Å². The number of sulfonamides is 1. The van der Waals surface area contributed by atoms with Crippen LogP contribution in [0.25, 0.3) is 0 Å². The summed E-state index contributed by atoms with van der Waals surface area (Å²) >= 11 is 0. The number of nitro groups is 1. The number of nitrogens with one attached hydrogen (secondary N) is 2. The van der Waals surface area contributed by atoms with Crippen molar-refractivity contribution in [1.29, 1.82) is 0 Å². The third kappa shape index (κ3) is 5.64.